The molecule has 1 aromatic heterocycles. The van der Waals surface area contributed by atoms with E-state index < -0.39 is 0 Å². The molecule has 3 rings (SSSR count). The van der Waals surface area contributed by atoms with Crippen molar-refractivity contribution < 1.29 is 9.18 Å². The van der Waals surface area contributed by atoms with E-state index in [2.05, 4.69) is 25.8 Å². The fourth-order valence-corrected chi connectivity index (χ4v) is 3.86. The van der Waals surface area contributed by atoms with Crippen molar-refractivity contribution in [3.63, 3.8) is 0 Å². The number of hydrogen-bond donors (Lipinski definition) is 0. The van der Waals surface area contributed by atoms with Crippen LogP contribution in [0.5, 0.6) is 0 Å². The average molecular weight is 473 g/mol. The van der Waals surface area contributed by atoms with Crippen LogP contribution in [0.25, 0.3) is 10.2 Å². The Balaban J connectivity index is 0.00000261. The smallest absolute Gasteiger partial charge is 0.260 e. The van der Waals surface area contributed by atoms with Crippen molar-refractivity contribution in [2.45, 2.75) is 6.42 Å². The van der Waals surface area contributed by atoms with Gasteiger partial charge in [0.2, 0.25) is 0 Å². The Kier molecular flexibility index (Phi) is 7.73. The van der Waals surface area contributed by atoms with E-state index in [0.717, 1.165) is 22.1 Å². The van der Waals surface area contributed by atoms with Gasteiger partial charge in [0.05, 0.1) is 4.70 Å². The number of amides is 1. The molecule has 0 aliphatic rings. The van der Waals surface area contributed by atoms with Gasteiger partial charge in [-0.2, -0.15) is 0 Å². The van der Waals surface area contributed by atoms with Crippen LogP contribution in [0.15, 0.2) is 46.9 Å². The average Bonchev–Trinajstić information content (AvgIpc) is 3.04. The molecule has 0 aliphatic carbocycles. The lowest BCUT2D eigenvalue weighted by Gasteiger charge is -2.21. The molecule has 0 saturated heterocycles. The van der Waals surface area contributed by atoms with Gasteiger partial charge in [0, 0.05) is 16.6 Å². The minimum atomic E-state index is -0.366. The fraction of sp³-hybridized carbons (Fsp3) is 0.263. The van der Waals surface area contributed by atoms with Gasteiger partial charge in [0.1, 0.15) is 11.3 Å². The second kappa shape index (κ2) is 9.59. The number of carbonyl (C=O) groups excluding carboxylic acids is 1. The molecule has 1 heterocycles. The Hall–Kier alpha value is -1.54. The van der Waals surface area contributed by atoms with Crippen LogP contribution in [0.2, 0.25) is 0 Å². The molecule has 1 amide bonds. The summed E-state index contributed by atoms with van der Waals surface area (Å²) in [5, 5.41) is 0.525. The summed E-state index contributed by atoms with van der Waals surface area (Å²) in [6, 6.07) is 12.1. The molecule has 4 nitrogen and oxygen atoms in total. The van der Waals surface area contributed by atoms with Crippen molar-refractivity contribution in [1.82, 2.24) is 9.88 Å². The Bertz CT molecular complexity index is 917. The van der Waals surface area contributed by atoms with Crippen LogP contribution in [-0.4, -0.2) is 43.0 Å². The quantitative estimate of drug-likeness (QED) is 0.494. The second-order valence-corrected chi connectivity index (χ2v) is 8.13. The van der Waals surface area contributed by atoms with Crippen molar-refractivity contribution in [2.75, 3.05) is 32.1 Å². The third kappa shape index (κ3) is 5.25. The van der Waals surface area contributed by atoms with Crippen molar-refractivity contribution in [2.24, 2.45) is 0 Å². The normalized spacial score (nSPS) is 10.9. The van der Waals surface area contributed by atoms with Gasteiger partial charge in [0.25, 0.3) is 5.91 Å². The maximum Gasteiger partial charge on any atom is 0.260 e. The van der Waals surface area contributed by atoms with Gasteiger partial charge in [-0.25, -0.2) is 9.37 Å². The molecule has 0 aliphatic heterocycles. The number of aromatic nitrogens is 1. The first kappa shape index (κ1) is 21.8. The molecule has 3 aromatic rings. The van der Waals surface area contributed by atoms with E-state index in [1.165, 1.54) is 17.4 Å². The van der Waals surface area contributed by atoms with Gasteiger partial charge in [-0.3, -0.25) is 9.69 Å². The zero-order valence-electron chi connectivity index (χ0n) is 15.0. The lowest BCUT2D eigenvalue weighted by Crippen LogP contribution is -2.33. The number of nitrogens with zero attached hydrogens (tertiary/aromatic N) is 3. The number of rotatable bonds is 6. The number of benzene rings is 2. The Morgan fingerprint density at radius 3 is 2.48 bits per heavy atom. The third-order valence-corrected chi connectivity index (χ3v) is 5.48. The maximum absolute atomic E-state index is 14.0. The van der Waals surface area contributed by atoms with E-state index >= 15 is 0 Å². The fourth-order valence-electron chi connectivity index (χ4n) is 2.60. The van der Waals surface area contributed by atoms with E-state index in [4.69, 9.17) is 0 Å². The lowest BCUT2D eigenvalue weighted by atomic mass is 10.2. The molecular weight excluding hydrogens is 453 g/mol. The molecule has 0 saturated carbocycles. The van der Waals surface area contributed by atoms with Gasteiger partial charge in [-0.05, 0) is 63.5 Å². The monoisotopic (exact) mass is 471 g/mol. The number of carbonyl (C=O) groups is 1. The van der Waals surface area contributed by atoms with Crippen LogP contribution >= 0.6 is 39.7 Å². The van der Waals surface area contributed by atoms with Gasteiger partial charge in [0.15, 0.2) is 5.13 Å². The molecule has 0 unspecified atom stereocenters. The summed E-state index contributed by atoms with van der Waals surface area (Å²) in [5.41, 5.74) is 0.895. The SMILES string of the molecule is CN(C)CCCN(C(=O)c1ccc(Br)cc1)c1nc2c(F)cccc2s1.Cl. The number of thiazole rings is 1. The van der Waals surface area contributed by atoms with Crippen LogP contribution in [0, 0.1) is 5.82 Å². The van der Waals surface area contributed by atoms with Gasteiger partial charge >= 0.3 is 0 Å². The zero-order chi connectivity index (χ0) is 18.7. The highest BCUT2D eigenvalue weighted by atomic mass is 79.9. The summed E-state index contributed by atoms with van der Waals surface area (Å²) in [6.07, 6.45) is 0.799. The molecule has 0 bridgehead atoms. The summed E-state index contributed by atoms with van der Waals surface area (Å²) < 4.78 is 15.7. The molecule has 0 atom stereocenters. The number of fused-ring (bicyclic) bond motifs is 1. The Morgan fingerprint density at radius 2 is 1.85 bits per heavy atom. The topological polar surface area (TPSA) is 36.4 Å². The summed E-state index contributed by atoms with van der Waals surface area (Å²) in [4.78, 5) is 21.2. The Labute approximate surface area is 176 Å². The molecule has 0 fully saturated rings. The van der Waals surface area contributed by atoms with Gasteiger partial charge in [-0.1, -0.05) is 33.3 Å². The first-order chi connectivity index (χ1) is 12.5. The maximum atomic E-state index is 14.0. The molecular formula is C19H20BrClFN3OS. The van der Waals surface area contributed by atoms with Crippen molar-refractivity contribution in [3.8, 4) is 0 Å². The highest BCUT2D eigenvalue weighted by molar-refractivity contribution is 9.10. The van der Waals surface area contributed by atoms with Gasteiger partial charge < -0.3 is 4.90 Å². The lowest BCUT2D eigenvalue weighted by molar-refractivity contribution is 0.0986. The first-order valence-electron chi connectivity index (χ1n) is 8.23. The molecule has 0 spiro atoms. The van der Waals surface area contributed by atoms with Crippen LogP contribution in [-0.2, 0) is 0 Å². The third-order valence-electron chi connectivity index (χ3n) is 3.91. The van der Waals surface area contributed by atoms with Crippen molar-refractivity contribution in [1.29, 1.82) is 0 Å². The summed E-state index contributed by atoms with van der Waals surface area (Å²) in [7, 11) is 3.99. The molecule has 144 valence electrons. The van der Waals surface area contributed by atoms with Crippen molar-refractivity contribution in [3.05, 3.63) is 58.3 Å². The van der Waals surface area contributed by atoms with Crippen LogP contribution < -0.4 is 4.90 Å². The van der Waals surface area contributed by atoms with Gasteiger partial charge in [-0.15, -0.1) is 12.4 Å². The summed E-state index contributed by atoms with van der Waals surface area (Å²) in [5.74, 6) is -0.495. The van der Waals surface area contributed by atoms with Crippen LogP contribution in [0.4, 0.5) is 9.52 Å². The van der Waals surface area contributed by atoms with E-state index in [1.54, 1.807) is 23.1 Å². The van der Waals surface area contributed by atoms with Crippen LogP contribution in [0.1, 0.15) is 16.8 Å². The minimum absolute atomic E-state index is 0. The Morgan fingerprint density at radius 1 is 1.15 bits per heavy atom. The molecule has 0 radical (unpaired) electrons. The predicted molar refractivity (Wildman–Crippen MR) is 116 cm³/mol. The number of para-hydroxylation sites is 1. The standard InChI is InChI=1S/C19H19BrFN3OS.ClH/c1-23(2)11-4-12-24(18(25)13-7-9-14(20)10-8-13)19-22-17-15(21)5-3-6-16(17)26-19;/h3,5-10H,4,11-12H2,1-2H3;1H. The van der Waals surface area contributed by atoms with E-state index in [9.17, 15) is 9.18 Å². The summed E-state index contributed by atoms with van der Waals surface area (Å²) in [6.45, 7) is 1.37. The molecule has 2 aromatic carbocycles. The highest BCUT2D eigenvalue weighted by Crippen LogP contribution is 2.31. The van der Waals surface area contributed by atoms with Crippen molar-refractivity contribution >= 4 is 60.9 Å². The number of anilines is 1. The molecule has 8 heteroatoms. The first-order valence-corrected chi connectivity index (χ1v) is 9.84. The number of hydrogen-bond acceptors (Lipinski definition) is 4. The van der Waals surface area contributed by atoms with E-state index in [1.807, 2.05) is 32.3 Å². The summed E-state index contributed by atoms with van der Waals surface area (Å²) >= 11 is 4.72. The van der Waals surface area contributed by atoms with E-state index in [-0.39, 0.29) is 24.1 Å². The largest absolute Gasteiger partial charge is 0.309 e. The zero-order valence-corrected chi connectivity index (χ0v) is 18.2. The molecule has 27 heavy (non-hydrogen) atoms. The highest BCUT2D eigenvalue weighted by Gasteiger charge is 2.22. The predicted octanol–water partition coefficient (Wildman–Crippen LogP) is 5.22. The van der Waals surface area contributed by atoms with Crippen LogP contribution in [0.3, 0.4) is 0 Å². The minimum Gasteiger partial charge on any atom is -0.309 e. The second-order valence-electron chi connectivity index (χ2n) is 6.20. The number of halogens is 3. The molecule has 0 N–H and O–H groups in total. The van der Waals surface area contributed by atoms with E-state index in [0.29, 0.717) is 22.8 Å².